The lowest BCUT2D eigenvalue weighted by Gasteiger charge is -2.41. The molecule has 2 rings (SSSR count). The van der Waals surface area contributed by atoms with Gasteiger partial charge in [-0.05, 0) is 12.1 Å². The molecule has 0 unspecified atom stereocenters. The fraction of sp³-hybridized carbons (Fsp3) is 0.250. The van der Waals surface area contributed by atoms with E-state index >= 15 is 0 Å². The number of nitrogens with two attached hydrogens (primary N) is 3. The second-order valence-corrected chi connectivity index (χ2v) is 3.23. The van der Waals surface area contributed by atoms with Crippen LogP contribution in [0.4, 0.5) is 11.4 Å². The molecule has 0 amide bonds. The highest BCUT2D eigenvalue weighted by Gasteiger charge is 2.31. The van der Waals surface area contributed by atoms with Crippen LogP contribution in [0.1, 0.15) is 0 Å². The SMILES string of the molecule is NN1c2ccccc2NCC1(N)N. The van der Waals surface area contributed by atoms with E-state index in [1.54, 1.807) is 0 Å². The number of rotatable bonds is 0. The van der Waals surface area contributed by atoms with Gasteiger partial charge in [0.1, 0.15) is 0 Å². The first-order valence-corrected chi connectivity index (χ1v) is 4.07. The van der Waals surface area contributed by atoms with Crippen LogP contribution in [-0.4, -0.2) is 12.3 Å². The number of anilines is 2. The molecule has 1 aromatic carbocycles. The largest absolute Gasteiger partial charge is 0.378 e. The van der Waals surface area contributed by atoms with Gasteiger partial charge in [0.2, 0.25) is 0 Å². The van der Waals surface area contributed by atoms with Crippen molar-refractivity contribution in [3.8, 4) is 0 Å². The van der Waals surface area contributed by atoms with Crippen molar-refractivity contribution in [2.45, 2.75) is 5.79 Å². The van der Waals surface area contributed by atoms with Crippen molar-refractivity contribution < 1.29 is 0 Å². The summed E-state index contributed by atoms with van der Waals surface area (Å²) in [7, 11) is 0. The Bertz CT molecular complexity index is 322. The van der Waals surface area contributed by atoms with Crippen LogP contribution >= 0.6 is 0 Å². The summed E-state index contributed by atoms with van der Waals surface area (Å²) in [5, 5.41) is 4.50. The maximum absolute atomic E-state index is 5.77. The van der Waals surface area contributed by atoms with E-state index in [1.807, 2.05) is 24.3 Å². The van der Waals surface area contributed by atoms with Crippen LogP contribution < -0.4 is 27.6 Å². The van der Waals surface area contributed by atoms with Gasteiger partial charge in [-0.15, -0.1) is 0 Å². The van der Waals surface area contributed by atoms with Crippen molar-refractivity contribution in [2.75, 3.05) is 16.9 Å². The average molecular weight is 179 g/mol. The number of fused-ring (bicyclic) bond motifs is 1. The molecular formula is C8H13N5. The topological polar surface area (TPSA) is 93.3 Å². The number of para-hydroxylation sites is 2. The predicted molar refractivity (Wildman–Crippen MR) is 52.7 cm³/mol. The maximum Gasteiger partial charge on any atom is 0.172 e. The highest BCUT2D eigenvalue weighted by atomic mass is 15.5. The molecule has 0 saturated heterocycles. The van der Waals surface area contributed by atoms with Gasteiger partial charge in [0.25, 0.3) is 0 Å². The first kappa shape index (κ1) is 8.31. The lowest BCUT2D eigenvalue weighted by Crippen LogP contribution is -2.71. The standard InChI is InChI=1S/C8H13N5/c9-8(10)5-12-6-3-1-2-4-7(6)13(8)11/h1-4,12H,5,9-11H2. The van der Waals surface area contributed by atoms with Crippen molar-refractivity contribution in [1.82, 2.24) is 0 Å². The Labute approximate surface area is 76.5 Å². The van der Waals surface area contributed by atoms with Gasteiger partial charge in [-0.25, -0.2) is 5.84 Å². The van der Waals surface area contributed by atoms with Crippen LogP contribution in [0.25, 0.3) is 0 Å². The van der Waals surface area contributed by atoms with Crippen LogP contribution in [0, 0.1) is 0 Å². The molecule has 1 heterocycles. The zero-order chi connectivity index (χ0) is 9.47. The molecule has 0 aliphatic carbocycles. The van der Waals surface area contributed by atoms with E-state index in [-0.39, 0.29) is 0 Å². The minimum absolute atomic E-state index is 0.431. The monoisotopic (exact) mass is 179 g/mol. The summed E-state index contributed by atoms with van der Waals surface area (Å²) >= 11 is 0. The zero-order valence-electron chi connectivity index (χ0n) is 7.20. The number of nitrogens with zero attached hydrogens (tertiary/aromatic N) is 1. The van der Waals surface area contributed by atoms with Crippen LogP contribution in [0.5, 0.6) is 0 Å². The summed E-state index contributed by atoms with van der Waals surface area (Å²) in [4.78, 5) is 0. The van der Waals surface area contributed by atoms with E-state index in [4.69, 9.17) is 17.3 Å². The Balaban J connectivity index is 2.45. The Kier molecular flexibility index (Phi) is 1.66. The maximum atomic E-state index is 5.77. The average Bonchev–Trinajstić information content (AvgIpc) is 2.13. The Morgan fingerprint density at radius 1 is 1.31 bits per heavy atom. The first-order chi connectivity index (χ1) is 6.11. The molecule has 5 heteroatoms. The third-order valence-corrected chi connectivity index (χ3v) is 2.17. The smallest absolute Gasteiger partial charge is 0.172 e. The van der Waals surface area contributed by atoms with Gasteiger partial charge in [0, 0.05) is 0 Å². The lowest BCUT2D eigenvalue weighted by molar-refractivity contribution is 0.431. The predicted octanol–water partition coefficient (Wildman–Crippen LogP) is -0.637. The molecular weight excluding hydrogens is 166 g/mol. The summed E-state index contributed by atoms with van der Waals surface area (Å²) in [5.41, 5.74) is 13.3. The van der Waals surface area contributed by atoms with Crippen molar-refractivity contribution in [3.63, 3.8) is 0 Å². The van der Waals surface area contributed by atoms with Crippen LogP contribution in [0.15, 0.2) is 24.3 Å². The molecule has 0 aromatic heterocycles. The van der Waals surface area contributed by atoms with Gasteiger partial charge in [0.05, 0.1) is 17.9 Å². The number of benzene rings is 1. The van der Waals surface area contributed by atoms with Crippen LogP contribution in [0.3, 0.4) is 0 Å². The summed E-state index contributed by atoms with van der Waals surface area (Å²) < 4.78 is 0. The lowest BCUT2D eigenvalue weighted by atomic mass is 10.1. The van der Waals surface area contributed by atoms with E-state index in [2.05, 4.69) is 5.32 Å². The second-order valence-electron chi connectivity index (χ2n) is 3.23. The Hall–Kier alpha value is -1.30. The van der Waals surface area contributed by atoms with Crippen molar-refractivity contribution in [2.24, 2.45) is 17.3 Å². The third-order valence-electron chi connectivity index (χ3n) is 2.17. The summed E-state index contributed by atoms with van der Waals surface area (Å²) in [6.45, 7) is 0.431. The highest BCUT2D eigenvalue weighted by molar-refractivity contribution is 5.72. The summed E-state index contributed by atoms with van der Waals surface area (Å²) in [6, 6.07) is 7.63. The molecule has 1 aliphatic rings. The van der Waals surface area contributed by atoms with Gasteiger partial charge in [0.15, 0.2) is 5.79 Å². The minimum atomic E-state index is -1.02. The van der Waals surface area contributed by atoms with E-state index in [9.17, 15) is 0 Å². The molecule has 0 radical (unpaired) electrons. The van der Waals surface area contributed by atoms with E-state index in [1.165, 1.54) is 5.01 Å². The fourth-order valence-corrected chi connectivity index (χ4v) is 1.38. The molecule has 0 fully saturated rings. The molecule has 5 nitrogen and oxygen atoms in total. The first-order valence-electron chi connectivity index (χ1n) is 4.07. The number of nitrogens with one attached hydrogen (secondary N) is 1. The Morgan fingerprint density at radius 2 is 2.00 bits per heavy atom. The quantitative estimate of drug-likeness (QED) is 0.314. The van der Waals surface area contributed by atoms with Gasteiger partial charge < -0.3 is 5.32 Å². The van der Waals surface area contributed by atoms with E-state index in [0.29, 0.717) is 6.54 Å². The molecule has 0 saturated carbocycles. The zero-order valence-corrected chi connectivity index (χ0v) is 7.20. The van der Waals surface area contributed by atoms with Crippen molar-refractivity contribution in [3.05, 3.63) is 24.3 Å². The van der Waals surface area contributed by atoms with E-state index in [0.717, 1.165) is 11.4 Å². The molecule has 70 valence electrons. The van der Waals surface area contributed by atoms with Gasteiger partial charge in [-0.2, -0.15) is 0 Å². The minimum Gasteiger partial charge on any atom is -0.378 e. The second kappa shape index (κ2) is 2.59. The van der Waals surface area contributed by atoms with E-state index < -0.39 is 5.79 Å². The number of hydrogen-bond acceptors (Lipinski definition) is 5. The fourth-order valence-electron chi connectivity index (χ4n) is 1.38. The molecule has 0 atom stereocenters. The van der Waals surface area contributed by atoms with Crippen molar-refractivity contribution in [1.29, 1.82) is 0 Å². The molecule has 13 heavy (non-hydrogen) atoms. The highest BCUT2D eigenvalue weighted by Crippen LogP contribution is 2.29. The number of hydrazine groups is 1. The van der Waals surface area contributed by atoms with Gasteiger partial charge in [-0.3, -0.25) is 16.5 Å². The van der Waals surface area contributed by atoms with Gasteiger partial charge in [-0.1, -0.05) is 12.1 Å². The molecule has 0 spiro atoms. The molecule has 1 aromatic rings. The van der Waals surface area contributed by atoms with Gasteiger partial charge >= 0.3 is 0 Å². The van der Waals surface area contributed by atoms with Crippen molar-refractivity contribution >= 4 is 11.4 Å². The normalized spacial score (nSPS) is 19.2. The number of hydrogen-bond donors (Lipinski definition) is 4. The Morgan fingerprint density at radius 3 is 2.77 bits per heavy atom. The molecule has 7 N–H and O–H groups in total. The molecule has 1 aliphatic heterocycles. The summed E-state index contributed by atoms with van der Waals surface area (Å²) in [5.74, 6) is 4.75. The third kappa shape index (κ3) is 1.23. The van der Waals surface area contributed by atoms with Crippen LogP contribution in [-0.2, 0) is 0 Å². The summed E-state index contributed by atoms with van der Waals surface area (Å²) in [6.07, 6.45) is 0. The van der Waals surface area contributed by atoms with Crippen LogP contribution in [0.2, 0.25) is 0 Å². The molecule has 0 bridgehead atoms.